The van der Waals surface area contributed by atoms with E-state index in [1.54, 1.807) is 24.3 Å². The molecule has 2 amide bonds. The van der Waals surface area contributed by atoms with Gasteiger partial charge in [0.05, 0.1) is 0 Å². The van der Waals surface area contributed by atoms with E-state index in [1.807, 2.05) is 48.5 Å². The van der Waals surface area contributed by atoms with E-state index in [0.29, 0.717) is 22.5 Å². The molecule has 0 spiro atoms. The van der Waals surface area contributed by atoms with Gasteiger partial charge in [0.2, 0.25) is 0 Å². The maximum atomic E-state index is 13.2. The van der Waals surface area contributed by atoms with Crippen LogP contribution >= 0.6 is 0 Å². The van der Waals surface area contributed by atoms with Crippen molar-refractivity contribution in [2.75, 3.05) is 10.6 Å². The largest absolute Gasteiger partial charge is 0.322 e. The van der Waals surface area contributed by atoms with Crippen LogP contribution in [-0.4, -0.2) is 11.8 Å². The van der Waals surface area contributed by atoms with Crippen LogP contribution in [0.5, 0.6) is 0 Å². The van der Waals surface area contributed by atoms with Crippen molar-refractivity contribution in [3.63, 3.8) is 0 Å². The maximum Gasteiger partial charge on any atom is 0.255 e. The van der Waals surface area contributed by atoms with Crippen molar-refractivity contribution in [3.8, 4) is 66.8 Å². The Morgan fingerprint density at radius 1 is 0.303 bits per heavy atom. The molecule has 0 unspecified atom stereocenters. The number of hydrogen-bond donors (Lipinski definition) is 2. The van der Waals surface area contributed by atoms with Gasteiger partial charge in [-0.2, -0.15) is 0 Å². The summed E-state index contributed by atoms with van der Waals surface area (Å²) < 4.78 is 4.42. The molecule has 0 saturated carbocycles. The number of benzene rings is 7. The molecular formula is C60H52N4O2+2. The SMILES string of the molecule is CCC[n+]1ccc(-c2ccc(-c3ccc(-c4ccc(NC(=O)c5ccc(C(=O)Nc6ccc(-c7ccc(-c8ccc(-c9cc[n+](CCC)cc9)cc8)cc7)cc6)cc5)cc4)cc3)cc2)cc1. The molecule has 2 N–H and O–H groups in total. The summed E-state index contributed by atoms with van der Waals surface area (Å²) in [5.41, 5.74) is 16.1. The first kappa shape index (κ1) is 43.1. The lowest BCUT2D eigenvalue weighted by Crippen LogP contribution is -2.31. The Labute approximate surface area is 387 Å². The Morgan fingerprint density at radius 2 is 0.500 bits per heavy atom. The molecule has 0 radical (unpaired) electrons. The van der Waals surface area contributed by atoms with Crippen LogP contribution in [0.25, 0.3) is 66.8 Å². The topological polar surface area (TPSA) is 66.0 Å². The first-order chi connectivity index (χ1) is 32.4. The van der Waals surface area contributed by atoms with Crippen LogP contribution in [-0.2, 0) is 13.1 Å². The number of carbonyl (C=O) groups excluding carboxylic acids is 2. The lowest BCUT2D eigenvalue weighted by atomic mass is 9.98. The summed E-state index contributed by atoms with van der Waals surface area (Å²) in [6.07, 6.45) is 10.8. The molecular weight excluding hydrogens is 809 g/mol. The average molecular weight is 861 g/mol. The third-order valence-electron chi connectivity index (χ3n) is 12.0. The van der Waals surface area contributed by atoms with Crippen LogP contribution in [0.1, 0.15) is 47.4 Å². The molecule has 0 fully saturated rings. The summed E-state index contributed by atoms with van der Waals surface area (Å²) >= 11 is 0. The van der Waals surface area contributed by atoms with Crippen molar-refractivity contribution >= 4 is 23.2 Å². The smallest absolute Gasteiger partial charge is 0.255 e. The number of rotatable bonds is 14. The normalized spacial score (nSPS) is 10.9. The lowest BCUT2D eigenvalue weighted by Gasteiger charge is -2.10. The summed E-state index contributed by atoms with van der Waals surface area (Å²) in [7, 11) is 0. The van der Waals surface area contributed by atoms with Crippen LogP contribution in [0.3, 0.4) is 0 Å². The van der Waals surface area contributed by atoms with Crippen LogP contribution in [0, 0.1) is 0 Å². The molecule has 0 bridgehead atoms. The molecule has 0 aliphatic carbocycles. The Bertz CT molecular complexity index is 2820. The fraction of sp³-hybridized carbons (Fsp3) is 0.100. The zero-order chi connectivity index (χ0) is 45.2. The van der Waals surface area contributed by atoms with Crippen molar-refractivity contribution in [1.82, 2.24) is 0 Å². The molecule has 0 aliphatic heterocycles. The summed E-state index contributed by atoms with van der Waals surface area (Å²) in [6, 6.07) is 65.5. The van der Waals surface area contributed by atoms with E-state index < -0.39 is 0 Å². The van der Waals surface area contributed by atoms with Crippen LogP contribution in [0.4, 0.5) is 11.4 Å². The molecule has 9 aromatic rings. The minimum Gasteiger partial charge on any atom is -0.322 e. The second kappa shape index (κ2) is 20.1. The third-order valence-corrected chi connectivity index (χ3v) is 12.0. The Balaban J connectivity index is 0.750. The van der Waals surface area contributed by atoms with Gasteiger partial charge in [0.25, 0.3) is 11.8 Å². The van der Waals surface area contributed by atoms with E-state index in [9.17, 15) is 9.59 Å². The minimum atomic E-state index is -0.248. The van der Waals surface area contributed by atoms with Crippen molar-refractivity contribution in [1.29, 1.82) is 0 Å². The standard InChI is InChI=1S/C60H50N4O2/c1-3-37-63-39-33-53(34-40-63)49-17-13-45(14-18-49)43-5-9-47(10-6-43)51-25-29-57(30-26-51)61-59(65)55-21-23-56(24-22-55)60(66)62-58-31-27-52(28-32-58)48-11-7-44(8-12-48)46-15-19-50(20-16-46)54-35-41-64(38-4-2)42-36-54/h5-36,39-42H,3-4,37-38H2,1-2H3/p+2. The van der Waals surface area contributed by atoms with Gasteiger partial charge in [-0.05, 0) is 115 Å². The Kier molecular flexibility index (Phi) is 13.1. The monoisotopic (exact) mass is 860 g/mol. The first-order valence-electron chi connectivity index (χ1n) is 22.7. The highest BCUT2D eigenvalue weighted by atomic mass is 16.2. The predicted octanol–water partition coefficient (Wildman–Crippen LogP) is 13.6. The van der Waals surface area contributed by atoms with Gasteiger partial charge < -0.3 is 10.6 Å². The van der Waals surface area contributed by atoms with Crippen LogP contribution in [0.2, 0.25) is 0 Å². The van der Waals surface area contributed by atoms with Crippen LogP contribution < -0.4 is 19.8 Å². The van der Waals surface area contributed by atoms with E-state index in [4.69, 9.17) is 0 Å². The lowest BCUT2D eigenvalue weighted by molar-refractivity contribution is -0.697. The number of anilines is 2. The molecule has 7 aromatic carbocycles. The van der Waals surface area contributed by atoms with Gasteiger partial charge in [0.1, 0.15) is 13.1 Å². The fourth-order valence-electron chi connectivity index (χ4n) is 8.21. The zero-order valence-corrected chi connectivity index (χ0v) is 37.3. The molecule has 0 saturated heterocycles. The average Bonchev–Trinajstić information content (AvgIpc) is 3.38. The van der Waals surface area contributed by atoms with Crippen LogP contribution in [0.15, 0.2) is 219 Å². The highest BCUT2D eigenvalue weighted by Crippen LogP contribution is 2.30. The molecule has 6 nitrogen and oxygen atoms in total. The molecule has 0 atom stereocenters. The van der Waals surface area contributed by atoms with E-state index in [0.717, 1.165) is 59.3 Å². The van der Waals surface area contributed by atoms with Gasteiger partial charge in [0, 0.05) is 59.6 Å². The minimum absolute atomic E-state index is 0.248. The molecule has 0 aliphatic rings. The van der Waals surface area contributed by atoms with Gasteiger partial charge in [-0.25, -0.2) is 9.13 Å². The third kappa shape index (κ3) is 10.3. The molecule has 2 aromatic heterocycles. The fourth-order valence-corrected chi connectivity index (χ4v) is 8.21. The maximum absolute atomic E-state index is 13.2. The second-order valence-electron chi connectivity index (χ2n) is 16.6. The summed E-state index contributed by atoms with van der Waals surface area (Å²) in [6.45, 7) is 6.43. The van der Waals surface area contributed by atoms with E-state index in [1.165, 1.54) is 33.4 Å². The number of nitrogens with one attached hydrogen (secondary N) is 2. The summed E-state index contributed by atoms with van der Waals surface area (Å²) in [5.74, 6) is -0.496. The number of aromatic nitrogens is 2. The molecule has 9 rings (SSSR count). The van der Waals surface area contributed by atoms with E-state index in [2.05, 4.69) is 180 Å². The first-order valence-corrected chi connectivity index (χ1v) is 22.7. The highest BCUT2D eigenvalue weighted by Gasteiger charge is 2.12. The van der Waals surface area contributed by atoms with Gasteiger partial charge in [0.15, 0.2) is 24.8 Å². The van der Waals surface area contributed by atoms with E-state index in [-0.39, 0.29) is 11.8 Å². The summed E-state index contributed by atoms with van der Waals surface area (Å²) in [4.78, 5) is 26.3. The summed E-state index contributed by atoms with van der Waals surface area (Å²) in [5, 5.41) is 5.96. The van der Waals surface area contributed by atoms with Crippen molar-refractivity contribution in [2.45, 2.75) is 39.8 Å². The highest BCUT2D eigenvalue weighted by molar-refractivity contribution is 6.07. The quantitative estimate of drug-likeness (QED) is 0.107. The van der Waals surface area contributed by atoms with Crippen molar-refractivity contribution in [3.05, 3.63) is 230 Å². The van der Waals surface area contributed by atoms with Gasteiger partial charge in [-0.15, -0.1) is 0 Å². The van der Waals surface area contributed by atoms with Gasteiger partial charge in [-0.1, -0.05) is 135 Å². The number of pyridine rings is 2. The molecule has 6 heteroatoms. The number of aryl methyl sites for hydroxylation is 2. The van der Waals surface area contributed by atoms with Gasteiger partial charge in [-0.3, -0.25) is 9.59 Å². The number of nitrogens with zero attached hydrogens (tertiary/aromatic N) is 2. The number of carbonyl (C=O) groups is 2. The predicted molar refractivity (Wildman–Crippen MR) is 269 cm³/mol. The van der Waals surface area contributed by atoms with E-state index >= 15 is 0 Å². The molecule has 2 heterocycles. The van der Waals surface area contributed by atoms with Crippen molar-refractivity contribution in [2.24, 2.45) is 0 Å². The number of hydrogen-bond acceptors (Lipinski definition) is 2. The Hall–Kier alpha value is -8.22. The molecule has 66 heavy (non-hydrogen) atoms. The molecule has 322 valence electrons. The van der Waals surface area contributed by atoms with Crippen molar-refractivity contribution < 1.29 is 18.7 Å². The zero-order valence-electron chi connectivity index (χ0n) is 37.3. The number of amides is 2. The Morgan fingerprint density at radius 3 is 0.712 bits per heavy atom. The van der Waals surface area contributed by atoms with Gasteiger partial charge >= 0.3 is 0 Å². The second-order valence-corrected chi connectivity index (χ2v) is 16.6.